The SMILES string of the molecule is COc1c(C(=O)Nc2cc(C#N)ccc2N2CCC(Oc3ccc(F)cc3F)CC2)nnn1CC(=O)c1ccccc1Cl. The molecular weight excluding hydrogens is 582 g/mol. The number of ketones is 1. The van der Waals surface area contributed by atoms with E-state index in [2.05, 4.69) is 21.7 Å². The average Bonchev–Trinajstić information content (AvgIpc) is 3.41. The summed E-state index contributed by atoms with van der Waals surface area (Å²) in [6.45, 7) is 0.749. The molecule has 1 aliphatic rings. The van der Waals surface area contributed by atoms with Crippen LogP contribution in [0.25, 0.3) is 0 Å². The van der Waals surface area contributed by atoms with Gasteiger partial charge in [0.2, 0.25) is 11.6 Å². The fourth-order valence-corrected chi connectivity index (χ4v) is 5.03. The molecule has 0 aliphatic carbocycles. The maximum atomic E-state index is 14.1. The van der Waals surface area contributed by atoms with Crippen molar-refractivity contribution in [2.75, 3.05) is 30.4 Å². The first-order chi connectivity index (χ1) is 20.8. The molecule has 0 spiro atoms. The van der Waals surface area contributed by atoms with Gasteiger partial charge in [-0.2, -0.15) is 5.26 Å². The molecule has 43 heavy (non-hydrogen) atoms. The van der Waals surface area contributed by atoms with Gasteiger partial charge < -0.3 is 19.7 Å². The summed E-state index contributed by atoms with van der Waals surface area (Å²) in [7, 11) is 1.33. The molecule has 1 aromatic heterocycles. The lowest BCUT2D eigenvalue weighted by Gasteiger charge is -2.34. The molecule has 1 fully saturated rings. The van der Waals surface area contributed by atoms with Gasteiger partial charge in [-0.1, -0.05) is 28.9 Å². The number of methoxy groups -OCH3 is 1. The third-order valence-corrected chi connectivity index (χ3v) is 7.24. The minimum absolute atomic E-state index is 0.0123. The van der Waals surface area contributed by atoms with Crippen molar-refractivity contribution in [1.29, 1.82) is 5.26 Å². The zero-order valence-corrected chi connectivity index (χ0v) is 23.6. The lowest BCUT2D eigenvalue weighted by molar-refractivity contribution is 0.0959. The molecule has 1 amide bonds. The highest BCUT2D eigenvalue weighted by Gasteiger charge is 2.27. The van der Waals surface area contributed by atoms with Crippen molar-refractivity contribution in [2.24, 2.45) is 0 Å². The van der Waals surface area contributed by atoms with Crippen LogP contribution in [-0.4, -0.2) is 53.0 Å². The summed E-state index contributed by atoms with van der Waals surface area (Å²) in [6.07, 6.45) is 0.776. The van der Waals surface area contributed by atoms with Gasteiger partial charge >= 0.3 is 0 Å². The van der Waals surface area contributed by atoms with Gasteiger partial charge in [-0.3, -0.25) is 9.59 Å². The van der Waals surface area contributed by atoms with E-state index >= 15 is 0 Å². The Bertz CT molecular complexity index is 1720. The number of carbonyl (C=O) groups excluding carboxylic acids is 2. The van der Waals surface area contributed by atoms with Crippen molar-refractivity contribution < 1.29 is 27.8 Å². The zero-order chi connectivity index (χ0) is 30.5. The molecule has 13 heteroatoms. The van der Waals surface area contributed by atoms with Crippen molar-refractivity contribution in [3.05, 3.63) is 94.1 Å². The van der Waals surface area contributed by atoms with E-state index in [1.54, 1.807) is 42.5 Å². The summed E-state index contributed by atoms with van der Waals surface area (Å²) < 4.78 is 39.6. The minimum atomic E-state index is -0.764. The number of ether oxygens (including phenoxy) is 2. The number of hydrogen-bond acceptors (Lipinski definition) is 8. The van der Waals surface area contributed by atoms with Crippen molar-refractivity contribution in [3.8, 4) is 17.7 Å². The smallest absolute Gasteiger partial charge is 0.281 e. The second-order valence-electron chi connectivity index (χ2n) is 9.68. The fourth-order valence-electron chi connectivity index (χ4n) is 4.79. The Kier molecular flexibility index (Phi) is 8.82. The Morgan fingerprint density at radius 3 is 2.58 bits per heavy atom. The fraction of sp³-hybridized carbons (Fsp3) is 0.233. The summed E-state index contributed by atoms with van der Waals surface area (Å²) in [5, 5.41) is 20.4. The van der Waals surface area contributed by atoms with Crippen LogP contribution in [-0.2, 0) is 6.54 Å². The topological polar surface area (TPSA) is 122 Å². The maximum absolute atomic E-state index is 14.1. The minimum Gasteiger partial charge on any atom is -0.487 e. The molecule has 5 rings (SSSR count). The number of nitriles is 1. The highest BCUT2D eigenvalue weighted by molar-refractivity contribution is 6.33. The first-order valence-corrected chi connectivity index (χ1v) is 13.6. The Balaban J connectivity index is 1.31. The number of nitrogens with zero attached hydrogens (tertiary/aromatic N) is 5. The van der Waals surface area contributed by atoms with Gasteiger partial charge in [0.05, 0.1) is 35.1 Å². The molecule has 0 atom stereocenters. The van der Waals surface area contributed by atoms with E-state index in [4.69, 9.17) is 21.1 Å². The first-order valence-electron chi connectivity index (χ1n) is 13.2. The molecule has 0 unspecified atom stereocenters. The zero-order valence-electron chi connectivity index (χ0n) is 22.9. The maximum Gasteiger partial charge on any atom is 0.281 e. The van der Waals surface area contributed by atoms with Gasteiger partial charge in [-0.25, -0.2) is 13.5 Å². The number of piperidine rings is 1. The number of hydrogen-bond donors (Lipinski definition) is 1. The van der Waals surface area contributed by atoms with E-state index in [0.29, 0.717) is 48.4 Å². The monoisotopic (exact) mass is 606 g/mol. The average molecular weight is 607 g/mol. The van der Waals surface area contributed by atoms with Crippen LogP contribution in [0.2, 0.25) is 5.02 Å². The summed E-state index contributed by atoms with van der Waals surface area (Å²) in [4.78, 5) is 28.2. The lowest BCUT2D eigenvalue weighted by Crippen LogP contribution is -2.38. The van der Waals surface area contributed by atoms with Crippen LogP contribution in [0.3, 0.4) is 0 Å². The van der Waals surface area contributed by atoms with Gasteiger partial charge in [0.1, 0.15) is 18.5 Å². The van der Waals surface area contributed by atoms with Crippen molar-refractivity contribution in [1.82, 2.24) is 15.0 Å². The molecule has 0 bridgehead atoms. The molecule has 1 saturated heterocycles. The summed E-state index contributed by atoms with van der Waals surface area (Å²) in [6, 6.07) is 16.7. The third kappa shape index (κ3) is 6.57. The summed E-state index contributed by atoms with van der Waals surface area (Å²) in [5.74, 6) is -2.49. The molecule has 0 saturated carbocycles. The predicted molar refractivity (Wildman–Crippen MR) is 154 cm³/mol. The molecule has 2 heterocycles. The van der Waals surface area contributed by atoms with Gasteiger partial charge in [0.25, 0.3) is 5.91 Å². The number of amides is 1. The number of halogens is 3. The van der Waals surface area contributed by atoms with Crippen molar-refractivity contribution in [3.63, 3.8) is 0 Å². The van der Waals surface area contributed by atoms with Crippen molar-refractivity contribution in [2.45, 2.75) is 25.5 Å². The van der Waals surface area contributed by atoms with Gasteiger partial charge in [0.15, 0.2) is 17.3 Å². The van der Waals surface area contributed by atoms with E-state index in [-0.39, 0.29) is 40.8 Å². The van der Waals surface area contributed by atoms with Crippen LogP contribution in [0, 0.1) is 23.0 Å². The number of benzene rings is 3. The molecular formula is C30H25ClF2N6O4. The van der Waals surface area contributed by atoms with Crippen LogP contribution in [0.1, 0.15) is 39.3 Å². The highest BCUT2D eigenvalue weighted by atomic mass is 35.5. The van der Waals surface area contributed by atoms with Crippen LogP contribution in [0.5, 0.6) is 11.6 Å². The van der Waals surface area contributed by atoms with Crippen LogP contribution in [0.15, 0.2) is 60.7 Å². The van der Waals surface area contributed by atoms with E-state index < -0.39 is 17.5 Å². The standard InChI is InChI=1S/C30H25ClF2N6O4/c1-42-30-28(36-37-39(30)17-26(40)21-4-2-3-5-22(21)31)29(41)35-24-14-18(16-34)6-8-25(24)38-12-10-20(11-13-38)43-27-9-7-19(32)15-23(27)33/h2-9,14-15,20H,10-13,17H2,1H3,(H,35,41). The largest absolute Gasteiger partial charge is 0.487 e. The number of Topliss-reactive ketones (excluding diaryl/α,β-unsaturated/α-hetero) is 1. The second-order valence-corrected chi connectivity index (χ2v) is 10.1. The number of aromatic nitrogens is 3. The second kappa shape index (κ2) is 12.9. The van der Waals surface area contributed by atoms with Gasteiger partial charge in [0, 0.05) is 37.6 Å². The quantitative estimate of drug-likeness (QED) is 0.256. The van der Waals surface area contributed by atoms with E-state index in [9.17, 15) is 23.6 Å². The lowest BCUT2D eigenvalue weighted by atomic mass is 10.1. The van der Waals surface area contributed by atoms with Crippen LogP contribution in [0.4, 0.5) is 20.2 Å². The Labute approximate surface area is 250 Å². The molecule has 3 aromatic carbocycles. The molecule has 10 nitrogen and oxygen atoms in total. The van der Waals surface area contributed by atoms with Crippen LogP contribution < -0.4 is 19.7 Å². The number of nitrogens with one attached hydrogen (secondary N) is 1. The van der Waals surface area contributed by atoms with E-state index in [1.165, 1.54) is 17.9 Å². The number of rotatable bonds is 9. The molecule has 1 N–H and O–H groups in total. The summed E-state index contributed by atoms with van der Waals surface area (Å²) >= 11 is 6.14. The Morgan fingerprint density at radius 2 is 1.88 bits per heavy atom. The Hall–Kier alpha value is -5.02. The van der Waals surface area contributed by atoms with Gasteiger partial charge in [-0.15, -0.1) is 5.10 Å². The molecule has 220 valence electrons. The third-order valence-electron chi connectivity index (χ3n) is 6.91. The molecule has 4 aromatic rings. The van der Waals surface area contributed by atoms with E-state index in [1.807, 2.05) is 4.90 Å². The molecule has 0 radical (unpaired) electrons. The van der Waals surface area contributed by atoms with Crippen LogP contribution >= 0.6 is 11.6 Å². The Morgan fingerprint density at radius 1 is 1.12 bits per heavy atom. The normalized spacial score (nSPS) is 13.3. The first kappa shape index (κ1) is 29.5. The highest BCUT2D eigenvalue weighted by Crippen LogP contribution is 2.32. The molecule has 1 aliphatic heterocycles. The van der Waals surface area contributed by atoms with E-state index in [0.717, 1.165) is 12.1 Å². The van der Waals surface area contributed by atoms with Gasteiger partial charge in [-0.05, 0) is 42.5 Å². The summed E-state index contributed by atoms with van der Waals surface area (Å²) in [5.41, 5.74) is 1.47. The predicted octanol–water partition coefficient (Wildman–Crippen LogP) is 5.27. The number of carbonyl (C=O) groups is 2. The van der Waals surface area contributed by atoms with Crippen molar-refractivity contribution >= 4 is 34.7 Å². The number of anilines is 2.